The van der Waals surface area contributed by atoms with E-state index in [-0.39, 0.29) is 0 Å². The fourth-order valence-corrected chi connectivity index (χ4v) is 2.70. The molecule has 1 heterocycles. The highest BCUT2D eigenvalue weighted by molar-refractivity contribution is 5.55. The van der Waals surface area contributed by atoms with Crippen LogP contribution in [0.4, 0.5) is 5.82 Å². The van der Waals surface area contributed by atoms with Gasteiger partial charge in [0.05, 0.1) is 5.56 Å². The molecule has 0 aliphatic heterocycles. The summed E-state index contributed by atoms with van der Waals surface area (Å²) in [5.74, 6) is 0.717. The van der Waals surface area contributed by atoms with Crippen LogP contribution in [0.25, 0.3) is 0 Å². The van der Waals surface area contributed by atoms with Gasteiger partial charge in [-0.2, -0.15) is 5.26 Å². The second-order valence-corrected chi connectivity index (χ2v) is 5.30. The number of hydrogen-bond acceptors (Lipinski definition) is 3. The van der Waals surface area contributed by atoms with E-state index in [1.807, 2.05) is 12.1 Å². The molecule has 1 aromatic heterocycles. The van der Waals surface area contributed by atoms with Crippen LogP contribution in [0.15, 0.2) is 30.3 Å². The van der Waals surface area contributed by atoms with E-state index in [9.17, 15) is 5.26 Å². The number of nitrogens with zero attached hydrogens (tertiary/aromatic N) is 2. The van der Waals surface area contributed by atoms with Crippen molar-refractivity contribution < 1.29 is 0 Å². The van der Waals surface area contributed by atoms with Crippen LogP contribution in [-0.4, -0.2) is 4.98 Å². The molecule has 0 saturated heterocycles. The molecule has 1 N–H and O–H groups in total. The summed E-state index contributed by atoms with van der Waals surface area (Å²) < 4.78 is 0. The van der Waals surface area contributed by atoms with Crippen LogP contribution in [0, 0.1) is 18.3 Å². The summed E-state index contributed by atoms with van der Waals surface area (Å²) in [5.41, 5.74) is 5.49. The number of rotatable bonds is 3. The predicted molar refractivity (Wildman–Crippen MR) is 79.5 cm³/mol. The van der Waals surface area contributed by atoms with E-state index in [1.165, 1.54) is 16.7 Å². The number of nitrogens with one attached hydrogen (secondary N) is 1. The van der Waals surface area contributed by atoms with E-state index in [0.717, 1.165) is 30.8 Å². The zero-order valence-corrected chi connectivity index (χ0v) is 11.6. The van der Waals surface area contributed by atoms with E-state index < -0.39 is 0 Å². The number of pyridine rings is 1. The molecule has 2 aromatic rings. The van der Waals surface area contributed by atoms with Gasteiger partial charge in [-0.3, -0.25) is 0 Å². The number of nitriles is 1. The number of fused-ring (bicyclic) bond motifs is 1. The minimum absolute atomic E-state index is 0.651. The molecule has 0 atom stereocenters. The summed E-state index contributed by atoms with van der Waals surface area (Å²) in [6, 6.07) is 12.6. The van der Waals surface area contributed by atoms with E-state index in [4.69, 9.17) is 0 Å². The molecule has 3 nitrogen and oxygen atoms in total. The molecule has 1 aliphatic rings. The third-order valence-electron chi connectivity index (χ3n) is 3.71. The molecule has 1 aromatic carbocycles. The van der Waals surface area contributed by atoms with Crippen molar-refractivity contribution in [3.63, 3.8) is 0 Å². The van der Waals surface area contributed by atoms with Crippen LogP contribution in [0.5, 0.6) is 0 Å². The molecule has 0 saturated carbocycles. The number of benzene rings is 1. The highest BCUT2D eigenvalue weighted by Gasteiger charge is 2.16. The molecule has 100 valence electrons. The van der Waals surface area contributed by atoms with Gasteiger partial charge >= 0.3 is 0 Å². The fourth-order valence-electron chi connectivity index (χ4n) is 2.70. The largest absolute Gasteiger partial charge is 0.365 e. The third kappa shape index (κ3) is 2.50. The van der Waals surface area contributed by atoms with Crippen LogP contribution in [0.3, 0.4) is 0 Å². The lowest BCUT2D eigenvalue weighted by atomic mass is 10.1. The van der Waals surface area contributed by atoms with Crippen LogP contribution >= 0.6 is 0 Å². The highest BCUT2D eigenvalue weighted by atomic mass is 15.0. The topological polar surface area (TPSA) is 48.7 Å². The van der Waals surface area contributed by atoms with Crippen molar-refractivity contribution in [1.29, 1.82) is 5.26 Å². The Bertz CT molecular complexity index is 683. The number of aromatic nitrogens is 1. The third-order valence-corrected chi connectivity index (χ3v) is 3.71. The summed E-state index contributed by atoms with van der Waals surface area (Å²) in [4.78, 5) is 4.63. The van der Waals surface area contributed by atoms with Gasteiger partial charge in [0.25, 0.3) is 0 Å². The second-order valence-electron chi connectivity index (χ2n) is 5.30. The summed E-state index contributed by atoms with van der Waals surface area (Å²) >= 11 is 0. The summed E-state index contributed by atoms with van der Waals surface area (Å²) in [5, 5.41) is 12.6. The van der Waals surface area contributed by atoms with E-state index >= 15 is 0 Å². The summed E-state index contributed by atoms with van der Waals surface area (Å²) in [6.45, 7) is 2.78. The average molecular weight is 263 g/mol. The number of hydrogen-bond donors (Lipinski definition) is 1. The van der Waals surface area contributed by atoms with Crippen LogP contribution in [0.2, 0.25) is 0 Å². The standard InChI is InChI=1S/C17H17N3/c1-12-4-2-5-13(8-12)11-19-17-15(10-18)9-14-6-3-7-16(14)20-17/h2,4-5,8-9H,3,6-7,11H2,1H3,(H,19,20). The van der Waals surface area contributed by atoms with Crippen molar-refractivity contribution in [2.45, 2.75) is 32.7 Å². The van der Waals surface area contributed by atoms with Gasteiger partial charge < -0.3 is 5.32 Å². The molecule has 0 fully saturated rings. The van der Waals surface area contributed by atoms with Crippen molar-refractivity contribution in [3.05, 3.63) is 58.3 Å². The highest BCUT2D eigenvalue weighted by Crippen LogP contribution is 2.25. The summed E-state index contributed by atoms with van der Waals surface area (Å²) in [6.07, 6.45) is 3.23. The van der Waals surface area contributed by atoms with E-state index in [0.29, 0.717) is 12.1 Å². The first-order valence-electron chi connectivity index (χ1n) is 6.98. The molecule has 3 rings (SSSR count). The Balaban J connectivity index is 1.82. The molecule has 1 aliphatic carbocycles. The molecule has 0 amide bonds. The lowest BCUT2D eigenvalue weighted by molar-refractivity contribution is 0.899. The zero-order valence-electron chi connectivity index (χ0n) is 11.6. The van der Waals surface area contributed by atoms with Gasteiger partial charge in [-0.15, -0.1) is 0 Å². The summed E-state index contributed by atoms with van der Waals surface area (Å²) in [7, 11) is 0. The normalized spacial score (nSPS) is 12.8. The van der Waals surface area contributed by atoms with Crippen molar-refractivity contribution in [2.24, 2.45) is 0 Å². The molecular formula is C17H17N3. The zero-order chi connectivity index (χ0) is 13.9. The second kappa shape index (κ2) is 5.34. The molecule has 0 bridgehead atoms. The average Bonchev–Trinajstić information content (AvgIpc) is 2.91. The number of anilines is 1. The molecule has 0 radical (unpaired) electrons. The maximum atomic E-state index is 9.26. The fraction of sp³-hybridized carbons (Fsp3) is 0.294. The Morgan fingerprint density at radius 1 is 1.30 bits per heavy atom. The molecular weight excluding hydrogens is 246 g/mol. The smallest absolute Gasteiger partial charge is 0.144 e. The van der Waals surface area contributed by atoms with Crippen molar-refractivity contribution in [3.8, 4) is 6.07 Å². The molecule has 3 heteroatoms. The van der Waals surface area contributed by atoms with Crippen LogP contribution in [0.1, 0.15) is 34.4 Å². The van der Waals surface area contributed by atoms with Crippen molar-refractivity contribution in [1.82, 2.24) is 4.98 Å². The predicted octanol–water partition coefficient (Wildman–Crippen LogP) is 3.36. The maximum absolute atomic E-state index is 9.26. The van der Waals surface area contributed by atoms with Gasteiger partial charge in [-0.05, 0) is 43.4 Å². The Morgan fingerprint density at radius 2 is 2.20 bits per heavy atom. The first-order chi connectivity index (χ1) is 9.76. The molecule has 0 unspecified atom stereocenters. The van der Waals surface area contributed by atoms with Gasteiger partial charge in [0.1, 0.15) is 11.9 Å². The Hall–Kier alpha value is -2.34. The Kier molecular flexibility index (Phi) is 3.39. The molecule has 20 heavy (non-hydrogen) atoms. The van der Waals surface area contributed by atoms with Crippen molar-refractivity contribution in [2.75, 3.05) is 5.32 Å². The van der Waals surface area contributed by atoms with Gasteiger partial charge in [-0.25, -0.2) is 4.98 Å². The Labute approximate surface area is 119 Å². The lowest BCUT2D eigenvalue weighted by Gasteiger charge is -2.10. The SMILES string of the molecule is Cc1cccc(CNc2nc3c(cc2C#N)CCC3)c1. The first-order valence-corrected chi connectivity index (χ1v) is 6.98. The van der Waals surface area contributed by atoms with Crippen LogP contribution in [-0.2, 0) is 19.4 Å². The van der Waals surface area contributed by atoms with Gasteiger partial charge in [0, 0.05) is 12.2 Å². The van der Waals surface area contributed by atoms with Gasteiger partial charge in [0.2, 0.25) is 0 Å². The van der Waals surface area contributed by atoms with E-state index in [2.05, 4.69) is 41.5 Å². The minimum Gasteiger partial charge on any atom is -0.365 e. The lowest BCUT2D eigenvalue weighted by Crippen LogP contribution is -2.05. The van der Waals surface area contributed by atoms with Gasteiger partial charge in [0.15, 0.2) is 0 Å². The Morgan fingerprint density at radius 3 is 3.00 bits per heavy atom. The molecule has 0 spiro atoms. The van der Waals surface area contributed by atoms with Gasteiger partial charge in [-0.1, -0.05) is 29.8 Å². The van der Waals surface area contributed by atoms with E-state index in [1.54, 1.807) is 0 Å². The monoisotopic (exact) mass is 263 g/mol. The quantitative estimate of drug-likeness (QED) is 0.923. The maximum Gasteiger partial charge on any atom is 0.144 e. The van der Waals surface area contributed by atoms with Crippen molar-refractivity contribution >= 4 is 5.82 Å². The number of aryl methyl sites for hydroxylation is 3. The first kappa shape index (κ1) is 12.7. The van der Waals surface area contributed by atoms with Crippen LogP contribution < -0.4 is 5.32 Å². The minimum atomic E-state index is 0.651.